The number of nitrogens with zero attached hydrogens (tertiary/aromatic N) is 1. The van der Waals surface area contributed by atoms with Gasteiger partial charge in [-0.3, -0.25) is 0 Å². The first-order valence-corrected chi connectivity index (χ1v) is 20.5. The van der Waals surface area contributed by atoms with Gasteiger partial charge in [0.25, 0.3) is 0 Å². The van der Waals surface area contributed by atoms with E-state index < -0.39 is 0 Å². The molecule has 0 aliphatic heterocycles. The molecule has 0 heterocycles. The van der Waals surface area contributed by atoms with E-state index in [0.717, 1.165) is 4.48 Å². The third-order valence-electron chi connectivity index (χ3n) is 10.4. The minimum atomic E-state index is 0.643. The Labute approximate surface area is 279 Å². The van der Waals surface area contributed by atoms with Crippen molar-refractivity contribution >= 4 is 0 Å². The number of hydrogen-bond donors (Lipinski definition) is 0. The van der Waals surface area contributed by atoms with Gasteiger partial charge < -0.3 is 4.48 Å². The molecular weight excluding hydrogens is 530 g/mol. The first-order valence-electron chi connectivity index (χ1n) is 20.5. The van der Waals surface area contributed by atoms with Crippen molar-refractivity contribution in [2.75, 3.05) is 20.6 Å². The first kappa shape index (κ1) is 41.2. The molecule has 1 nitrogen and oxygen atoms in total. The van der Waals surface area contributed by atoms with Crippen LogP contribution in [-0.4, -0.2) is 25.1 Å². The fraction of sp³-hybridized carbons (Fsp3) is 0.860. The predicted molar refractivity (Wildman–Crippen MR) is 201 cm³/mol. The molecule has 1 unspecified atom stereocenters. The lowest BCUT2D eigenvalue weighted by molar-refractivity contribution is -0.921. The molecule has 0 aliphatic carbocycles. The standard InChI is InChI=1S/C43H82N/c1-5-7-9-11-13-15-17-19-21-22-24-26-28-30-32-37-41-44(3,4)43(42-38-34-33-35-39-42)40-36-31-29-27-25-23-20-18-16-14-12-10-8-6-2/h33-35,38-39,43H,5-32,36-37,40-41H2,1-4H3/q+1. The maximum absolute atomic E-state index is 2.51. The third kappa shape index (κ3) is 24.4. The summed E-state index contributed by atoms with van der Waals surface area (Å²) < 4.78 is 1.15. The summed E-state index contributed by atoms with van der Waals surface area (Å²) in [6.45, 7) is 5.94. The van der Waals surface area contributed by atoms with Crippen LogP contribution in [-0.2, 0) is 0 Å². The summed E-state index contributed by atoms with van der Waals surface area (Å²) in [5.74, 6) is 0. The molecule has 1 heteroatoms. The van der Waals surface area contributed by atoms with Crippen LogP contribution in [0.25, 0.3) is 0 Å². The summed E-state index contributed by atoms with van der Waals surface area (Å²) in [6.07, 6.45) is 44.7. The molecule has 0 aliphatic rings. The molecule has 44 heavy (non-hydrogen) atoms. The quantitative estimate of drug-likeness (QED) is 0.0536. The van der Waals surface area contributed by atoms with E-state index in [1.807, 2.05) is 0 Å². The van der Waals surface area contributed by atoms with Crippen LogP contribution in [0.5, 0.6) is 0 Å². The molecule has 258 valence electrons. The molecule has 0 N–H and O–H groups in total. The van der Waals surface area contributed by atoms with Gasteiger partial charge in [0.2, 0.25) is 0 Å². The van der Waals surface area contributed by atoms with E-state index in [2.05, 4.69) is 58.3 Å². The lowest BCUT2D eigenvalue weighted by atomic mass is 9.96. The Morgan fingerprint density at radius 1 is 0.386 bits per heavy atom. The van der Waals surface area contributed by atoms with Crippen LogP contribution in [0.2, 0.25) is 0 Å². The second-order valence-electron chi connectivity index (χ2n) is 15.1. The van der Waals surface area contributed by atoms with E-state index in [-0.39, 0.29) is 0 Å². The molecule has 1 rings (SSSR count). The highest BCUT2D eigenvalue weighted by atomic mass is 15.3. The highest BCUT2D eigenvalue weighted by molar-refractivity contribution is 5.17. The summed E-state index contributed by atoms with van der Waals surface area (Å²) in [7, 11) is 5.01. The van der Waals surface area contributed by atoms with Gasteiger partial charge in [-0.1, -0.05) is 218 Å². The van der Waals surface area contributed by atoms with Crippen LogP contribution >= 0.6 is 0 Å². The van der Waals surface area contributed by atoms with Gasteiger partial charge in [0.15, 0.2) is 0 Å². The lowest BCUT2D eigenvalue weighted by Crippen LogP contribution is -2.44. The number of benzene rings is 1. The molecule has 1 atom stereocenters. The van der Waals surface area contributed by atoms with Gasteiger partial charge in [-0.05, 0) is 19.3 Å². The molecule has 0 saturated heterocycles. The summed E-state index contributed by atoms with van der Waals surface area (Å²) in [5.41, 5.74) is 1.56. The summed E-state index contributed by atoms with van der Waals surface area (Å²) in [6, 6.07) is 12.1. The van der Waals surface area contributed by atoms with Crippen LogP contribution in [0.4, 0.5) is 0 Å². The SMILES string of the molecule is CCCCCCCCCCCCCCCCCC[N+](C)(C)C(CCCCCCCCCCCCCCCC)c1ccccc1. The van der Waals surface area contributed by atoms with E-state index in [4.69, 9.17) is 0 Å². The van der Waals surface area contributed by atoms with Crippen molar-refractivity contribution in [3.8, 4) is 0 Å². The molecular formula is C43H82N+. The second-order valence-corrected chi connectivity index (χ2v) is 15.1. The predicted octanol–water partition coefficient (Wildman–Crippen LogP) is 14.9. The molecule has 0 bridgehead atoms. The largest absolute Gasteiger partial charge is 0.322 e. The van der Waals surface area contributed by atoms with Gasteiger partial charge in [0, 0.05) is 12.0 Å². The fourth-order valence-electron chi connectivity index (χ4n) is 7.35. The van der Waals surface area contributed by atoms with Gasteiger partial charge in [0.05, 0.1) is 20.6 Å². The first-order chi connectivity index (χ1) is 21.6. The zero-order valence-corrected chi connectivity index (χ0v) is 31.0. The number of quaternary nitrogens is 1. The molecule has 0 fully saturated rings. The van der Waals surface area contributed by atoms with Crippen LogP contribution in [0.1, 0.15) is 224 Å². The van der Waals surface area contributed by atoms with E-state index in [1.54, 1.807) is 5.56 Å². The van der Waals surface area contributed by atoms with Crippen molar-refractivity contribution in [2.45, 2.75) is 219 Å². The van der Waals surface area contributed by atoms with Crippen molar-refractivity contribution in [3.05, 3.63) is 35.9 Å². The van der Waals surface area contributed by atoms with Gasteiger partial charge >= 0.3 is 0 Å². The maximum atomic E-state index is 2.51. The van der Waals surface area contributed by atoms with Crippen molar-refractivity contribution in [2.24, 2.45) is 0 Å². The van der Waals surface area contributed by atoms with E-state index in [0.29, 0.717) is 6.04 Å². The van der Waals surface area contributed by atoms with Crippen molar-refractivity contribution in [1.82, 2.24) is 0 Å². The Balaban J connectivity index is 2.11. The monoisotopic (exact) mass is 613 g/mol. The van der Waals surface area contributed by atoms with Gasteiger partial charge in [0.1, 0.15) is 6.04 Å². The van der Waals surface area contributed by atoms with Gasteiger partial charge in [-0.2, -0.15) is 0 Å². The smallest absolute Gasteiger partial charge is 0.114 e. The Morgan fingerprint density at radius 2 is 0.682 bits per heavy atom. The normalized spacial score (nSPS) is 12.6. The van der Waals surface area contributed by atoms with Crippen LogP contribution in [0.3, 0.4) is 0 Å². The lowest BCUT2D eigenvalue weighted by Gasteiger charge is -2.39. The molecule has 0 saturated carbocycles. The zero-order chi connectivity index (χ0) is 31.8. The molecule has 0 spiro atoms. The average Bonchev–Trinajstić information content (AvgIpc) is 3.03. The molecule has 1 aromatic carbocycles. The van der Waals surface area contributed by atoms with Gasteiger partial charge in [-0.25, -0.2) is 0 Å². The number of hydrogen-bond acceptors (Lipinski definition) is 0. The topological polar surface area (TPSA) is 0 Å². The Hall–Kier alpha value is -0.820. The minimum absolute atomic E-state index is 0.643. The van der Waals surface area contributed by atoms with Crippen molar-refractivity contribution in [1.29, 1.82) is 0 Å². The summed E-state index contributed by atoms with van der Waals surface area (Å²) >= 11 is 0. The fourth-order valence-corrected chi connectivity index (χ4v) is 7.35. The van der Waals surface area contributed by atoms with Crippen LogP contribution in [0.15, 0.2) is 30.3 Å². The Kier molecular flexibility index (Phi) is 28.9. The summed E-state index contributed by atoms with van der Waals surface area (Å²) in [5, 5.41) is 0. The minimum Gasteiger partial charge on any atom is -0.322 e. The van der Waals surface area contributed by atoms with Gasteiger partial charge in [-0.15, -0.1) is 0 Å². The molecule has 1 aromatic rings. The van der Waals surface area contributed by atoms with Crippen molar-refractivity contribution in [3.63, 3.8) is 0 Å². The third-order valence-corrected chi connectivity index (χ3v) is 10.4. The van der Waals surface area contributed by atoms with E-state index in [1.165, 1.54) is 206 Å². The summed E-state index contributed by atoms with van der Waals surface area (Å²) in [4.78, 5) is 0. The Morgan fingerprint density at radius 3 is 1.02 bits per heavy atom. The molecule has 0 aromatic heterocycles. The second kappa shape index (κ2) is 30.8. The molecule has 0 amide bonds. The number of unbranched alkanes of at least 4 members (excludes halogenated alkanes) is 28. The average molecular weight is 613 g/mol. The van der Waals surface area contributed by atoms with Crippen LogP contribution in [0, 0.1) is 0 Å². The highest BCUT2D eigenvalue weighted by Crippen LogP contribution is 2.31. The Bertz CT molecular complexity index is 679. The van der Waals surface area contributed by atoms with Crippen molar-refractivity contribution < 1.29 is 4.48 Å². The van der Waals surface area contributed by atoms with E-state index >= 15 is 0 Å². The molecule has 0 radical (unpaired) electrons. The zero-order valence-electron chi connectivity index (χ0n) is 31.0. The number of rotatable bonds is 34. The highest BCUT2D eigenvalue weighted by Gasteiger charge is 2.28. The maximum Gasteiger partial charge on any atom is 0.114 e. The van der Waals surface area contributed by atoms with E-state index in [9.17, 15) is 0 Å². The van der Waals surface area contributed by atoms with Crippen LogP contribution < -0.4 is 0 Å².